The zero-order valence-electron chi connectivity index (χ0n) is 8.25. The monoisotopic (exact) mass is 202 g/mol. The molecule has 0 amide bonds. The Bertz CT molecular complexity index is 541. The first-order valence-corrected chi connectivity index (χ1v) is 4.54. The van der Waals surface area contributed by atoms with Crippen molar-refractivity contribution in [1.29, 1.82) is 0 Å². The third kappa shape index (κ3) is 1.74. The number of nitrogens with zero attached hydrogens (tertiary/aromatic N) is 2. The molecular formula is C11H10N2O2. The topological polar surface area (TPSA) is 48.1 Å². The van der Waals surface area contributed by atoms with Gasteiger partial charge < -0.3 is 4.57 Å². The van der Waals surface area contributed by atoms with Crippen LogP contribution in [0.5, 0.6) is 0 Å². The lowest BCUT2D eigenvalue weighted by Gasteiger charge is -1.97. The van der Waals surface area contributed by atoms with Gasteiger partial charge in [0.15, 0.2) is 0 Å². The molecule has 76 valence electrons. The number of rotatable bonds is 2. The highest BCUT2D eigenvalue weighted by Gasteiger charge is 2.02. The van der Waals surface area contributed by atoms with Crippen LogP contribution in [-0.2, 0) is 7.05 Å². The summed E-state index contributed by atoms with van der Waals surface area (Å²) in [7, 11) is 1.89. The van der Waals surface area contributed by atoms with Crippen LogP contribution >= 0.6 is 0 Å². The van der Waals surface area contributed by atoms with Gasteiger partial charge in [-0.1, -0.05) is 18.2 Å². The molecule has 0 saturated heterocycles. The van der Waals surface area contributed by atoms with Crippen LogP contribution < -0.4 is 0 Å². The van der Waals surface area contributed by atoms with Gasteiger partial charge in [-0.25, -0.2) is 0 Å². The Morgan fingerprint density at radius 3 is 2.80 bits per heavy atom. The Kier molecular flexibility index (Phi) is 2.25. The lowest BCUT2D eigenvalue weighted by Crippen LogP contribution is -1.90. The summed E-state index contributed by atoms with van der Waals surface area (Å²) in [5.41, 5.74) is 1.90. The summed E-state index contributed by atoms with van der Waals surface area (Å²) < 4.78 is 1.93. The van der Waals surface area contributed by atoms with Crippen molar-refractivity contribution in [3.63, 3.8) is 0 Å². The molecule has 1 aromatic heterocycles. The van der Waals surface area contributed by atoms with E-state index in [2.05, 4.69) is 0 Å². The molecule has 0 bridgehead atoms. The Hall–Kier alpha value is -2.10. The molecule has 0 unspecified atom stereocenters. The van der Waals surface area contributed by atoms with Crippen molar-refractivity contribution in [3.05, 3.63) is 52.3 Å². The normalized spacial score (nSPS) is 11.3. The highest BCUT2D eigenvalue weighted by molar-refractivity contribution is 5.83. The fourth-order valence-electron chi connectivity index (χ4n) is 1.61. The van der Waals surface area contributed by atoms with E-state index < -0.39 is 4.92 Å². The average molecular weight is 202 g/mol. The van der Waals surface area contributed by atoms with Crippen LogP contribution in [0.2, 0.25) is 0 Å². The fourth-order valence-corrected chi connectivity index (χ4v) is 1.61. The molecule has 1 aromatic carbocycles. The molecule has 2 aromatic rings. The van der Waals surface area contributed by atoms with E-state index in [9.17, 15) is 10.1 Å². The maximum Gasteiger partial charge on any atom is 0.236 e. The first-order valence-electron chi connectivity index (χ1n) is 4.54. The highest BCUT2D eigenvalue weighted by atomic mass is 16.6. The molecule has 2 rings (SSSR count). The third-order valence-corrected chi connectivity index (χ3v) is 2.36. The Balaban J connectivity index is 2.53. The Labute approximate surface area is 86.6 Å². The largest absolute Gasteiger partial charge is 0.344 e. The second-order valence-corrected chi connectivity index (χ2v) is 3.29. The van der Waals surface area contributed by atoms with Crippen LogP contribution in [0.4, 0.5) is 0 Å². The van der Waals surface area contributed by atoms with Crippen molar-refractivity contribution in [3.8, 4) is 0 Å². The zero-order chi connectivity index (χ0) is 10.8. The maximum atomic E-state index is 10.2. The van der Waals surface area contributed by atoms with E-state index in [0.29, 0.717) is 0 Å². The Morgan fingerprint density at radius 2 is 2.13 bits per heavy atom. The van der Waals surface area contributed by atoms with Gasteiger partial charge in [-0.3, -0.25) is 10.1 Å². The molecule has 15 heavy (non-hydrogen) atoms. The minimum atomic E-state index is -0.461. The second-order valence-electron chi connectivity index (χ2n) is 3.29. The van der Waals surface area contributed by atoms with Crippen molar-refractivity contribution in [2.75, 3.05) is 0 Å². The van der Waals surface area contributed by atoms with Gasteiger partial charge >= 0.3 is 0 Å². The molecule has 1 heterocycles. The van der Waals surface area contributed by atoms with Crippen molar-refractivity contribution in [1.82, 2.24) is 4.57 Å². The van der Waals surface area contributed by atoms with Crippen molar-refractivity contribution in [2.45, 2.75) is 0 Å². The molecule has 0 aliphatic heterocycles. The quantitative estimate of drug-likeness (QED) is 0.554. The van der Waals surface area contributed by atoms with Gasteiger partial charge in [0.2, 0.25) is 6.20 Å². The lowest BCUT2D eigenvalue weighted by atomic mass is 10.2. The molecule has 0 spiro atoms. The summed E-state index contributed by atoms with van der Waals surface area (Å²) in [6.07, 6.45) is 2.45. The molecule has 0 aliphatic rings. The van der Waals surface area contributed by atoms with Gasteiger partial charge in [-0.05, 0) is 12.1 Å². The van der Waals surface area contributed by atoms with E-state index in [-0.39, 0.29) is 0 Å². The van der Waals surface area contributed by atoms with E-state index >= 15 is 0 Å². The highest BCUT2D eigenvalue weighted by Crippen LogP contribution is 2.18. The fraction of sp³-hybridized carbons (Fsp3) is 0.0909. The zero-order valence-corrected chi connectivity index (χ0v) is 8.25. The van der Waals surface area contributed by atoms with E-state index in [1.165, 1.54) is 6.08 Å². The van der Waals surface area contributed by atoms with Crippen LogP contribution in [0.1, 0.15) is 5.69 Å². The standard InChI is InChI=1S/C11H10N2O2/c1-12-10(6-7-13(14)15)8-9-4-2-3-5-11(9)12/h2-8H,1H3. The van der Waals surface area contributed by atoms with Gasteiger partial charge in [0.1, 0.15) is 0 Å². The SMILES string of the molecule is Cn1c(C=C[N+](=O)[O-])cc2ccccc21. The van der Waals surface area contributed by atoms with E-state index in [4.69, 9.17) is 0 Å². The average Bonchev–Trinajstić information content (AvgIpc) is 2.54. The van der Waals surface area contributed by atoms with E-state index in [1.54, 1.807) is 0 Å². The van der Waals surface area contributed by atoms with E-state index in [1.807, 2.05) is 41.9 Å². The molecule has 0 radical (unpaired) electrons. The summed E-state index contributed by atoms with van der Waals surface area (Å²) in [4.78, 5) is 9.75. The summed E-state index contributed by atoms with van der Waals surface area (Å²) in [6, 6.07) is 9.79. The number of aryl methyl sites for hydroxylation is 1. The molecule has 4 nitrogen and oxygen atoms in total. The minimum absolute atomic E-state index is 0.461. The van der Waals surface area contributed by atoms with Crippen LogP contribution in [0.25, 0.3) is 17.0 Å². The van der Waals surface area contributed by atoms with Gasteiger partial charge in [0.05, 0.1) is 4.92 Å². The predicted octanol–water partition coefficient (Wildman–Crippen LogP) is 2.43. The number of hydrogen-bond donors (Lipinski definition) is 0. The third-order valence-electron chi connectivity index (χ3n) is 2.36. The van der Waals surface area contributed by atoms with Crippen LogP contribution in [0.3, 0.4) is 0 Å². The first kappa shape index (κ1) is 9.45. The van der Waals surface area contributed by atoms with Crippen molar-refractivity contribution < 1.29 is 4.92 Å². The van der Waals surface area contributed by atoms with Crippen molar-refractivity contribution in [2.24, 2.45) is 7.05 Å². The van der Waals surface area contributed by atoms with Gasteiger partial charge in [-0.2, -0.15) is 0 Å². The maximum absolute atomic E-state index is 10.2. The number of hydrogen-bond acceptors (Lipinski definition) is 2. The summed E-state index contributed by atoms with van der Waals surface area (Å²) in [5, 5.41) is 11.3. The lowest BCUT2D eigenvalue weighted by molar-refractivity contribution is -0.401. The predicted molar refractivity (Wildman–Crippen MR) is 58.9 cm³/mol. The van der Waals surface area contributed by atoms with Crippen LogP contribution in [0, 0.1) is 10.1 Å². The van der Waals surface area contributed by atoms with E-state index in [0.717, 1.165) is 22.8 Å². The summed E-state index contributed by atoms with van der Waals surface area (Å²) in [5.74, 6) is 0. The smallest absolute Gasteiger partial charge is 0.236 e. The molecule has 0 saturated carbocycles. The molecule has 0 N–H and O–H groups in total. The minimum Gasteiger partial charge on any atom is -0.344 e. The van der Waals surface area contributed by atoms with Crippen LogP contribution in [0.15, 0.2) is 36.5 Å². The van der Waals surface area contributed by atoms with Gasteiger partial charge in [-0.15, -0.1) is 0 Å². The first-order chi connectivity index (χ1) is 7.18. The molecule has 0 aliphatic carbocycles. The molecular weight excluding hydrogens is 192 g/mol. The number of fused-ring (bicyclic) bond motifs is 1. The Morgan fingerprint density at radius 1 is 1.40 bits per heavy atom. The molecule has 0 fully saturated rings. The summed E-state index contributed by atoms with van der Waals surface area (Å²) in [6.45, 7) is 0. The van der Waals surface area contributed by atoms with Gasteiger partial charge in [0.25, 0.3) is 0 Å². The second kappa shape index (κ2) is 3.57. The summed E-state index contributed by atoms with van der Waals surface area (Å²) >= 11 is 0. The van der Waals surface area contributed by atoms with Crippen molar-refractivity contribution >= 4 is 17.0 Å². The molecule has 4 heteroatoms. The molecule has 0 atom stereocenters. The van der Waals surface area contributed by atoms with Crippen LogP contribution in [-0.4, -0.2) is 9.49 Å². The number of nitro groups is 1. The number of aromatic nitrogens is 1. The number of benzene rings is 1. The number of para-hydroxylation sites is 1. The van der Waals surface area contributed by atoms with Gasteiger partial charge in [0, 0.05) is 29.7 Å².